The molecule has 0 aliphatic carbocycles. The van der Waals surface area contributed by atoms with Crippen molar-refractivity contribution in [1.29, 1.82) is 0 Å². The van der Waals surface area contributed by atoms with Crippen LogP contribution in [0.15, 0.2) is 0 Å². The maximum absolute atomic E-state index is 12.1. The molecule has 0 spiro atoms. The highest BCUT2D eigenvalue weighted by Crippen LogP contribution is 2.21. The Morgan fingerprint density at radius 3 is 2.40 bits per heavy atom. The fourth-order valence-corrected chi connectivity index (χ4v) is 2.61. The highest BCUT2D eigenvalue weighted by Gasteiger charge is 2.26. The van der Waals surface area contributed by atoms with Gasteiger partial charge in [0, 0.05) is 6.04 Å². The van der Waals surface area contributed by atoms with E-state index in [2.05, 4.69) is 29.4 Å². The first-order valence-electron chi connectivity index (χ1n) is 7.77. The number of amides is 1. The normalized spacial score (nSPS) is 20.0. The largest absolute Gasteiger partial charge is 0.352 e. The van der Waals surface area contributed by atoms with Crippen LogP contribution < -0.4 is 10.6 Å². The molecule has 1 aliphatic heterocycles. The SMILES string of the molecule is CCC(C)NC(=O)C(C)N1CCC(CCNC)CC1.Cl. The summed E-state index contributed by atoms with van der Waals surface area (Å²) < 4.78 is 0. The van der Waals surface area contributed by atoms with Gasteiger partial charge in [-0.25, -0.2) is 0 Å². The van der Waals surface area contributed by atoms with Crippen molar-refractivity contribution in [1.82, 2.24) is 15.5 Å². The van der Waals surface area contributed by atoms with E-state index < -0.39 is 0 Å². The zero-order chi connectivity index (χ0) is 14.3. The van der Waals surface area contributed by atoms with E-state index >= 15 is 0 Å². The molecule has 0 saturated carbocycles. The van der Waals surface area contributed by atoms with Crippen LogP contribution in [0.25, 0.3) is 0 Å². The van der Waals surface area contributed by atoms with E-state index in [0.29, 0.717) is 0 Å². The lowest BCUT2D eigenvalue weighted by Gasteiger charge is -2.35. The zero-order valence-electron chi connectivity index (χ0n) is 13.4. The van der Waals surface area contributed by atoms with E-state index in [1.54, 1.807) is 0 Å². The number of carbonyl (C=O) groups is 1. The Morgan fingerprint density at radius 1 is 1.30 bits per heavy atom. The van der Waals surface area contributed by atoms with Crippen molar-refractivity contribution >= 4 is 18.3 Å². The summed E-state index contributed by atoms with van der Waals surface area (Å²) in [6.07, 6.45) is 4.70. The van der Waals surface area contributed by atoms with Crippen LogP contribution in [0.4, 0.5) is 0 Å². The lowest BCUT2D eigenvalue weighted by molar-refractivity contribution is -0.127. The molecule has 0 aromatic rings. The third-order valence-corrected chi connectivity index (χ3v) is 4.38. The van der Waals surface area contributed by atoms with Gasteiger partial charge in [0.2, 0.25) is 5.91 Å². The van der Waals surface area contributed by atoms with Crippen LogP contribution in [-0.4, -0.2) is 49.6 Å². The van der Waals surface area contributed by atoms with Crippen molar-refractivity contribution in [2.24, 2.45) is 5.92 Å². The third-order valence-electron chi connectivity index (χ3n) is 4.38. The van der Waals surface area contributed by atoms with E-state index in [4.69, 9.17) is 0 Å². The standard InChI is InChI=1S/C15H31N3O.ClH/c1-5-12(2)17-15(19)13(3)18-10-7-14(8-11-18)6-9-16-4;/h12-14,16H,5-11H2,1-4H3,(H,17,19);1H. The monoisotopic (exact) mass is 305 g/mol. The van der Waals surface area contributed by atoms with E-state index in [-0.39, 0.29) is 30.4 Å². The molecule has 0 bridgehead atoms. The highest BCUT2D eigenvalue weighted by atomic mass is 35.5. The molecule has 4 nitrogen and oxygen atoms in total. The maximum atomic E-state index is 12.1. The molecule has 5 heteroatoms. The number of piperidine rings is 1. The van der Waals surface area contributed by atoms with Crippen LogP contribution in [0.3, 0.4) is 0 Å². The minimum atomic E-state index is 0. The van der Waals surface area contributed by atoms with Crippen molar-refractivity contribution in [3.63, 3.8) is 0 Å². The van der Waals surface area contributed by atoms with Gasteiger partial charge in [-0.3, -0.25) is 9.69 Å². The molecule has 1 aliphatic rings. The first-order valence-corrected chi connectivity index (χ1v) is 7.77. The fourth-order valence-electron chi connectivity index (χ4n) is 2.61. The number of nitrogens with zero attached hydrogens (tertiary/aromatic N) is 1. The first kappa shape index (κ1) is 19.7. The van der Waals surface area contributed by atoms with E-state index in [1.807, 2.05) is 14.0 Å². The van der Waals surface area contributed by atoms with Gasteiger partial charge in [-0.15, -0.1) is 12.4 Å². The Labute approximate surface area is 130 Å². The van der Waals surface area contributed by atoms with Crippen molar-refractivity contribution in [2.45, 2.75) is 58.5 Å². The second-order valence-corrected chi connectivity index (χ2v) is 5.87. The van der Waals surface area contributed by atoms with Gasteiger partial charge in [-0.2, -0.15) is 0 Å². The molecule has 2 atom stereocenters. The number of likely N-dealkylation sites (tertiary alicyclic amines) is 1. The summed E-state index contributed by atoms with van der Waals surface area (Å²) in [5.41, 5.74) is 0. The topological polar surface area (TPSA) is 44.4 Å². The molecule has 1 fully saturated rings. The average molecular weight is 306 g/mol. The number of nitrogens with one attached hydrogen (secondary N) is 2. The number of hydrogen-bond acceptors (Lipinski definition) is 3. The summed E-state index contributed by atoms with van der Waals surface area (Å²) in [4.78, 5) is 14.4. The first-order chi connectivity index (χ1) is 9.08. The molecule has 1 saturated heterocycles. The number of hydrogen-bond donors (Lipinski definition) is 2. The van der Waals surface area contributed by atoms with Crippen molar-refractivity contribution in [2.75, 3.05) is 26.7 Å². The summed E-state index contributed by atoms with van der Waals surface area (Å²) in [6, 6.07) is 0.294. The van der Waals surface area contributed by atoms with Crippen molar-refractivity contribution in [3.8, 4) is 0 Å². The van der Waals surface area contributed by atoms with Gasteiger partial charge in [0.25, 0.3) is 0 Å². The molecule has 2 N–H and O–H groups in total. The second-order valence-electron chi connectivity index (χ2n) is 5.87. The molecular formula is C15H32ClN3O. The minimum absolute atomic E-state index is 0. The van der Waals surface area contributed by atoms with Crippen molar-refractivity contribution < 1.29 is 4.79 Å². The summed E-state index contributed by atoms with van der Waals surface area (Å²) in [5, 5.41) is 6.30. The summed E-state index contributed by atoms with van der Waals surface area (Å²) in [5.74, 6) is 1.01. The third kappa shape index (κ3) is 6.42. The van der Waals surface area contributed by atoms with Crippen LogP contribution in [-0.2, 0) is 4.79 Å². The fraction of sp³-hybridized carbons (Fsp3) is 0.933. The number of halogens is 1. The van der Waals surface area contributed by atoms with Gasteiger partial charge in [0.1, 0.15) is 0 Å². The van der Waals surface area contributed by atoms with Crippen LogP contribution in [0.2, 0.25) is 0 Å². The Bertz CT molecular complexity index is 268. The quantitative estimate of drug-likeness (QED) is 0.756. The van der Waals surface area contributed by atoms with Gasteiger partial charge < -0.3 is 10.6 Å². The van der Waals surface area contributed by atoms with Crippen LogP contribution >= 0.6 is 12.4 Å². The number of carbonyl (C=O) groups excluding carboxylic acids is 1. The van der Waals surface area contributed by atoms with Crippen LogP contribution in [0, 0.1) is 5.92 Å². The van der Waals surface area contributed by atoms with E-state index in [1.165, 1.54) is 19.3 Å². The lowest BCUT2D eigenvalue weighted by Crippen LogP contribution is -2.50. The predicted molar refractivity (Wildman–Crippen MR) is 87.4 cm³/mol. The molecule has 1 amide bonds. The Morgan fingerprint density at radius 2 is 1.90 bits per heavy atom. The molecule has 1 rings (SSSR count). The molecule has 1 heterocycles. The lowest BCUT2D eigenvalue weighted by atomic mass is 9.92. The predicted octanol–water partition coefficient (Wildman–Crippen LogP) is 2.03. The van der Waals surface area contributed by atoms with Gasteiger partial charge in [-0.05, 0) is 72.1 Å². The van der Waals surface area contributed by atoms with Crippen LogP contribution in [0.1, 0.15) is 46.5 Å². The van der Waals surface area contributed by atoms with Gasteiger partial charge in [0.05, 0.1) is 6.04 Å². The molecule has 120 valence electrons. The molecule has 0 radical (unpaired) electrons. The molecular weight excluding hydrogens is 274 g/mol. The summed E-state index contributed by atoms with van der Waals surface area (Å²) in [6.45, 7) is 9.42. The van der Waals surface area contributed by atoms with Crippen molar-refractivity contribution in [3.05, 3.63) is 0 Å². The average Bonchev–Trinajstić information content (AvgIpc) is 2.44. The minimum Gasteiger partial charge on any atom is -0.352 e. The Kier molecular flexibility index (Phi) is 10.2. The van der Waals surface area contributed by atoms with E-state index in [0.717, 1.165) is 32.0 Å². The Balaban J connectivity index is 0.00000361. The van der Waals surface area contributed by atoms with E-state index in [9.17, 15) is 4.79 Å². The maximum Gasteiger partial charge on any atom is 0.237 e. The Hall–Kier alpha value is -0.320. The van der Waals surface area contributed by atoms with Gasteiger partial charge in [-0.1, -0.05) is 6.92 Å². The molecule has 20 heavy (non-hydrogen) atoms. The van der Waals surface area contributed by atoms with Gasteiger partial charge in [0.15, 0.2) is 0 Å². The smallest absolute Gasteiger partial charge is 0.237 e. The molecule has 0 aromatic carbocycles. The highest BCUT2D eigenvalue weighted by molar-refractivity contribution is 5.85. The van der Waals surface area contributed by atoms with Crippen LogP contribution in [0.5, 0.6) is 0 Å². The van der Waals surface area contributed by atoms with Gasteiger partial charge >= 0.3 is 0 Å². The zero-order valence-corrected chi connectivity index (χ0v) is 14.3. The molecule has 0 aromatic heterocycles. The summed E-state index contributed by atoms with van der Waals surface area (Å²) >= 11 is 0. The summed E-state index contributed by atoms with van der Waals surface area (Å²) in [7, 11) is 2.01. The number of rotatable bonds is 7. The second kappa shape index (κ2) is 10.4. The molecule has 2 unspecified atom stereocenters.